The Bertz CT molecular complexity index is 468. The van der Waals surface area contributed by atoms with Crippen LogP contribution in [-0.2, 0) is 6.18 Å². The number of halogens is 3. The largest absolute Gasteiger partial charge is 0.416 e. The van der Waals surface area contributed by atoms with E-state index in [9.17, 15) is 23.1 Å². The number of anilines is 1. The number of aliphatic hydroxyl groups is 1. The number of amides is 2. The van der Waals surface area contributed by atoms with Gasteiger partial charge in [-0.2, -0.15) is 13.2 Å². The summed E-state index contributed by atoms with van der Waals surface area (Å²) in [6.45, 7) is 3.68. The minimum absolute atomic E-state index is 0.0759. The van der Waals surface area contributed by atoms with Crippen molar-refractivity contribution in [1.29, 1.82) is 0 Å². The van der Waals surface area contributed by atoms with E-state index in [0.29, 0.717) is 12.8 Å². The van der Waals surface area contributed by atoms with Gasteiger partial charge in [0.1, 0.15) is 0 Å². The zero-order valence-corrected chi connectivity index (χ0v) is 11.9. The Hall–Kier alpha value is -1.76. The van der Waals surface area contributed by atoms with Gasteiger partial charge >= 0.3 is 12.2 Å². The number of alkyl halides is 3. The maximum absolute atomic E-state index is 12.4. The number of carbonyl (C=O) groups is 1. The molecule has 0 fully saturated rings. The van der Waals surface area contributed by atoms with Gasteiger partial charge < -0.3 is 15.7 Å². The molecule has 0 unspecified atom stereocenters. The first kappa shape index (κ1) is 17.3. The summed E-state index contributed by atoms with van der Waals surface area (Å²) < 4.78 is 37.2. The lowest BCUT2D eigenvalue weighted by Crippen LogP contribution is -2.43. The van der Waals surface area contributed by atoms with E-state index in [-0.39, 0.29) is 12.2 Å². The van der Waals surface area contributed by atoms with Gasteiger partial charge in [0.2, 0.25) is 0 Å². The second-order valence-corrected chi connectivity index (χ2v) is 4.81. The van der Waals surface area contributed by atoms with Crippen LogP contribution in [0.25, 0.3) is 0 Å². The average molecular weight is 304 g/mol. The van der Waals surface area contributed by atoms with Crippen molar-refractivity contribution in [1.82, 2.24) is 5.32 Å². The van der Waals surface area contributed by atoms with E-state index in [1.54, 1.807) is 13.8 Å². The molecular weight excluding hydrogens is 285 g/mol. The fourth-order valence-electron chi connectivity index (χ4n) is 1.66. The van der Waals surface area contributed by atoms with Gasteiger partial charge in [-0.05, 0) is 37.1 Å². The molecule has 0 aliphatic heterocycles. The van der Waals surface area contributed by atoms with Crippen LogP contribution in [0.4, 0.5) is 23.7 Å². The normalized spacial score (nSPS) is 12.1. The molecule has 0 saturated carbocycles. The van der Waals surface area contributed by atoms with Crippen molar-refractivity contribution < 1.29 is 23.1 Å². The Kier molecular flexibility index (Phi) is 5.60. The molecule has 1 rings (SSSR count). The lowest BCUT2D eigenvalue weighted by Gasteiger charge is -2.25. The van der Waals surface area contributed by atoms with E-state index in [0.717, 1.165) is 12.1 Å². The molecule has 0 aliphatic carbocycles. The summed E-state index contributed by atoms with van der Waals surface area (Å²) in [5.41, 5.74) is -1.51. The molecule has 0 aromatic heterocycles. The highest BCUT2D eigenvalue weighted by atomic mass is 19.4. The summed E-state index contributed by atoms with van der Waals surface area (Å²) in [5.74, 6) is 0. The third kappa shape index (κ3) is 5.26. The number of urea groups is 1. The Morgan fingerprint density at radius 2 is 1.67 bits per heavy atom. The van der Waals surface area contributed by atoms with Gasteiger partial charge in [-0.1, -0.05) is 13.8 Å². The van der Waals surface area contributed by atoms with E-state index < -0.39 is 23.4 Å². The first-order chi connectivity index (χ1) is 9.70. The quantitative estimate of drug-likeness (QED) is 0.781. The SMILES string of the molecule is CCC(O)(CC)CNC(=O)Nc1ccc(C(F)(F)F)cc1. The standard InChI is InChI=1S/C14H19F3N2O2/c1-3-13(21,4-2)9-18-12(20)19-11-7-5-10(6-8-11)14(15,16)17/h5-8,21H,3-4,9H2,1-2H3,(H2,18,19,20). The molecule has 1 aromatic carbocycles. The van der Waals surface area contributed by atoms with Crippen LogP contribution in [-0.4, -0.2) is 23.3 Å². The van der Waals surface area contributed by atoms with Gasteiger partial charge in [0.15, 0.2) is 0 Å². The van der Waals surface area contributed by atoms with Crippen molar-refractivity contribution in [2.45, 2.75) is 38.5 Å². The molecule has 7 heteroatoms. The van der Waals surface area contributed by atoms with Gasteiger partial charge in [0.05, 0.1) is 11.2 Å². The Balaban J connectivity index is 2.56. The predicted octanol–water partition coefficient (Wildman–Crippen LogP) is 3.38. The summed E-state index contributed by atoms with van der Waals surface area (Å²) in [7, 11) is 0. The predicted molar refractivity (Wildman–Crippen MR) is 74.0 cm³/mol. The second kappa shape index (κ2) is 6.80. The van der Waals surface area contributed by atoms with E-state index in [1.807, 2.05) is 0 Å². The number of hydrogen-bond acceptors (Lipinski definition) is 2. The van der Waals surface area contributed by atoms with Crippen molar-refractivity contribution in [3.63, 3.8) is 0 Å². The van der Waals surface area contributed by atoms with Crippen LogP contribution in [0.15, 0.2) is 24.3 Å². The maximum Gasteiger partial charge on any atom is 0.416 e. The zero-order valence-electron chi connectivity index (χ0n) is 11.9. The Labute approximate surface area is 121 Å². The highest BCUT2D eigenvalue weighted by Crippen LogP contribution is 2.29. The molecule has 4 nitrogen and oxygen atoms in total. The summed E-state index contributed by atoms with van der Waals surface area (Å²) in [6.07, 6.45) is -3.42. The smallest absolute Gasteiger partial charge is 0.388 e. The molecule has 0 atom stereocenters. The van der Waals surface area contributed by atoms with E-state index in [2.05, 4.69) is 10.6 Å². The minimum Gasteiger partial charge on any atom is -0.388 e. The van der Waals surface area contributed by atoms with Crippen molar-refractivity contribution in [3.8, 4) is 0 Å². The second-order valence-electron chi connectivity index (χ2n) is 4.81. The van der Waals surface area contributed by atoms with Gasteiger partial charge in [-0.25, -0.2) is 4.79 Å². The van der Waals surface area contributed by atoms with Crippen LogP contribution in [0.2, 0.25) is 0 Å². The summed E-state index contributed by atoms with van der Waals surface area (Å²) in [5, 5.41) is 14.9. The van der Waals surface area contributed by atoms with Crippen molar-refractivity contribution in [2.24, 2.45) is 0 Å². The topological polar surface area (TPSA) is 61.4 Å². The molecule has 0 spiro atoms. The number of hydrogen-bond donors (Lipinski definition) is 3. The molecule has 0 radical (unpaired) electrons. The third-order valence-corrected chi connectivity index (χ3v) is 3.36. The van der Waals surface area contributed by atoms with Crippen LogP contribution in [0.5, 0.6) is 0 Å². The van der Waals surface area contributed by atoms with Gasteiger partial charge in [-0.3, -0.25) is 0 Å². The summed E-state index contributed by atoms with van der Waals surface area (Å²) in [4.78, 5) is 11.6. The highest BCUT2D eigenvalue weighted by Gasteiger charge is 2.30. The summed E-state index contributed by atoms with van der Waals surface area (Å²) in [6, 6.07) is 3.56. The summed E-state index contributed by atoms with van der Waals surface area (Å²) >= 11 is 0. The van der Waals surface area contributed by atoms with Gasteiger partial charge in [0.25, 0.3) is 0 Å². The van der Waals surface area contributed by atoms with E-state index in [1.165, 1.54) is 12.1 Å². The molecule has 2 amide bonds. The van der Waals surface area contributed by atoms with Crippen molar-refractivity contribution in [3.05, 3.63) is 29.8 Å². The fraction of sp³-hybridized carbons (Fsp3) is 0.500. The minimum atomic E-state index is -4.40. The fourth-order valence-corrected chi connectivity index (χ4v) is 1.66. The molecular formula is C14H19F3N2O2. The van der Waals surface area contributed by atoms with Crippen LogP contribution in [0.3, 0.4) is 0 Å². The lowest BCUT2D eigenvalue weighted by molar-refractivity contribution is -0.137. The monoisotopic (exact) mass is 304 g/mol. The average Bonchev–Trinajstić information content (AvgIpc) is 2.44. The number of carbonyl (C=O) groups excluding carboxylic acids is 1. The Morgan fingerprint density at radius 1 is 1.14 bits per heavy atom. The van der Waals surface area contributed by atoms with Crippen LogP contribution >= 0.6 is 0 Å². The van der Waals surface area contributed by atoms with Crippen LogP contribution < -0.4 is 10.6 Å². The van der Waals surface area contributed by atoms with Crippen LogP contribution in [0.1, 0.15) is 32.3 Å². The third-order valence-electron chi connectivity index (χ3n) is 3.36. The van der Waals surface area contributed by atoms with Gasteiger partial charge in [-0.15, -0.1) is 0 Å². The number of nitrogens with one attached hydrogen (secondary N) is 2. The lowest BCUT2D eigenvalue weighted by atomic mass is 9.98. The first-order valence-electron chi connectivity index (χ1n) is 6.64. The molecule has 1 aromatic rings. The Morgan fingerprint density at radius 3 is 2.10 bits per heavy atom. The van der Waals surface area contributed by atoms with Crippen LogP contribution in [0, 0.1) is 0 Å². The maximum atomic E-state index is 12.4. The van der Waals surface area contributed by atoms with Gasteiger partial charge in [0, 0.05) is 12.2 Å². The molecule has 0 heterocycles. The number of benzene rings is 1. The van der Waals surface area contributed by atoms with Crippen molar-refractivity contribution >= 4 is 11.7 Å². The molecule has 3 N–H and O–H groups in total. The first-order valence-corrected chi connectivity index (χ1v) is 6.64. The van der Waals surface area contributed by atoms with Crippen molar-refractivity contribution in [2.75, 3.05) is 11.9 Å². The zero-order chi connectivity index (χ0) is 16.1. The molecule has 0 aliphatic rings. The molecule has 0 saturated heterocycles. The number of rotatable bonds is 5. The molecule has 21 heavy (non-hydrogen) atoms. The van der Waals surface area contributed by atoms with E-state index in [4.69, 9.17) is 0 Å². The molecule has 0 bridgehead atoms. The van der Waals surface area contributed by atoms with E-state index >= 15 is 0 Å². The highest BCUT2D eigenvalue weighted by molar-refractivity contribution is 5.89. The molecule has 118 valence electrons.